The van der Waals surface area contributed by atoms with E-state index in [4.69, 9.17) is 0 Å². The molecule has 0 N–H and O–H groups in total. The lowest BCUT2D eigenvalue weighted by molar-refractivity contribution is 1.14. The summed E-state index contributed by atoms with van der Waals surface area (Å²) in [5.74, 6) is 0. The van der Waals surface area contributed by atoms with Crippen molar-refractivity contribution in [1.29, 1.82) is 0 Å². The first-order valence-corrected chi connectivity index (χ1v) is 5.33. The Kier molecular flexibility index (Phi) is 2.22. The largest absolute Gasteiger partial charge is 0.0726 e. The van der Waals surface area contributed by atoms with Crippen LogP contribution in [0.4, 0.5) is 0 Å². The predicted octanol–water partition coefficient (Wildman–Crippen LogP) is 4.32. The summed E-state index contributed by atoms with van der Waals surface area (Å²) in [5, 5.41) is 0. The Balaban J connectivity index is 2.27. The molecule has 74 valence electrons. The summed E-state index contributed by atoms with van der Waals surface area (Å²) in [5.41, 5.74) is 9.03. The minimum Gasteiger partial charge on any atom is -0.0726 e. The normalized spacial score (nSPS) is 22.0. The zero-order valence-electron chi connectivity index (χ0n) is 9.57. The maximum absolute atomic E-state index is 2.38. The van der Waals surface area contributed by atoms with Gasteiger partial charge in [-0.05, 0) is 57.3 Å². The van der Waals surface area contributed by atoms with Gasteiger partial charge in [0.1, 0.15) is 0 Å². The van der Waals surface area contributed by atoms with Gasteiger partial charge in [-0.1, -0.05) is 28.9 Å². The first-order valence-electron chi connectivity index (χ1n) is 5.33. The molecular weight excluding hydrogens is 168 g/mol. The van der Waals surface area contributed by atoms with Crippen LogP contribution in [0.25, 0.3) is 0 Å². The van der Waals surface area contributed by atoms with E-state index in [1.54, 1.807) is 0 Å². The van der Waals surface area contributed by atoms with E-state index in [1.165, 1.54) is 33.4 Å². The molecule has 14 heavy (non-hydrogen) atoms. The van der Waals surface area contributed by atoms with Crippen LogP contribution in [0.1, 0.15) is 40.5 Å². The van der Waals surface area contributed by atoms with Crippen LogP contribution in [0, 0.1) is 0 Å². The quantitative estimate of drug-likeness (QED) is 0.572. The van der Waals surface area contributed by atoms with E-state index >= 15 is 0 Å². The van der Waals surface area contributed by atoms with Gasteiger partial charge in [-0.2, -0.15) is 0 Å². The molecular formula is C14H18. The van der Waals surface area contributed by atoms with Crippen LogP contribution in [0.2, 0.25) is 0 Å². The van der Waals surface area contributed by atoms with Gasteiger partial charge in [-0.3, -0.25) is 0 Å². The molecule has 0 saturated heterocycles. The lowest BCUT2D eigenvalue weighted by Crippen LogP contribution is -1.87. The Hall–Kier alpha value is -1.04. The van der Waals surface area contributed by atoms with Gasteiger partial charge in [0, 0.05) is 0 Å². The molecule has 0 radical (unpaired) electrons. The smallest absolute Gasteiger partial charge is 0.00581 e. The second-order valence-electron chi connectivity index (χ2n) is 4.54. The van der Waals surface area contributed by atoms with Crippen LogP contribution in [-0.4, -0.2) is 0 Å². The molecule has 0 saturated carbocycles. The molecule has 0 aromatic carbocycles. The van der Waals surface area contributed by atoms with E-state index < -0.39 is 0 Å². The fourth-order valence-corrected chi connectivity index (χ4v) is 2.20. The van der Waals surface area contributed by atoms with Crippen molar-refractivity contribution in [3.05, 3.63) is 45.6 Å². The molecule has 0 amide bonds. The Morgan fingerprint density at radius 3 is 2.14 bits per heavy atom. The molecule has 0 heteroatoms. The SMILES string of the molecule is CC1=C(C)CC(C2=CCC(C)=C2C)=C1. The first-order chi connectivity index (χ1) is 6.59. The third-order valence-corrected chi connectivity index (χ3v) is 3.52. The number of hydrogen-bond acceptors (Lipinski definition) is 0. The van der Waals surface area contributed by atoms with Crippen LogP contribution in [-0.2, 0) is 0 Å². The monoisotopic (exact) mass is 186 g/mol. The van der Waals surface area contributed by atoms with Crippen molar-refractivity contribution >= 4 is 0 Å². The van der Waals surface area contributed by atoms with Gasteiger partial charge in [0.25, 0.3) is 0 Å². The standard InChI is InChI=1S/C14H18/c1-9-5-6-14(12(9)4)13-7-10(2)11(3)8-13/h6-7H,5,8H2,1-4H3. The van der Waals surface area contributed by atoms with Gasteiger partial charge in [0.05, 0.1) is 0 Å². The molecule has 0 spiro atoms. The maximum atomic E-state index is 2.38. The van der Waals surface area contributed by atoms with Gasteiger partial charge in [-0.15, -0.1) is 0 Å². The number of rotatable bonds is 1. The molecule has 2 aliphatic rings. The van der Waals surface area contributed by atoms with Gasteiger partial charge in [0.2, 0.25) is 0 Å². The van der Waals surface area contributed by atoms with Crippen LogP contribution >= 0.6 is 0 Å². The highest BCUT2D eigenvalue weighted by Gasteiger charge is 2.18. The summed E-state index contributed by atoms with van der Waals surface area (Å²) in [4.78, 5) is 0. The number of allylic oxidation sites excluding steroid dienone is 8. The third kappa shape index (κ3) is 1.39. The molecule has 0 atom stereocenters. The summed E-state index contributed by atoms with van der Waals surface area (Å²) < 4.78 is 0. The fraction of sp³-hybridized carbons (Fsp3) is 0.429. The Labute approximate surface area is 86.7 Å². The molecule has 0 heterocycles. The molecule has 2 aliphatic carbocycles. The summed E-state index contributed by atoms with van der Waals surface area (Å²) >= 11 is 0. The van der Waals surface area contributed by atoms with E-state index in [1.807, 2.05) is 0 Å². The second-order valence-corrected chi connectivity index (χ2v) is 4.54. The third-order valence-electron chi connectivity index (χ3n) is 3.52. The van der Waals surface area contributed by atoms with E-state index in [9.17, 15) is 0 Å². The van der Waals surface area contributed by atoms with E-state index in [-0.39, 0.29) is 0 Å². The van der Waals surface area contributed by atoms with E-state index in [0.29, 0.717) is 0 Å². The van der Waals surface area contributed by atoms with Gasteiger partial charge in [-0.25, -0.2) is 0 Å². The van der Waals surface area contributed by atoms with Crippen molar-refractivity contribution in [2.75, 3.05) is 0 Å². The average Bonchev–Trinajstić information content (AvgIpc) is 2.61. The highest BCUT2D eigenvalue weighted by atomic mass is 14.2. The van der Waals surface area contributed by atoms with E-state index in [2.05, 4.69) is 39.8 Å². The highest BCUT2D eigenvalue weighted by Crippen LogP contribution is 2.37. The van der Waals surface area contributed by atoms with Crippen molar-refractivity contribution in [1.82, 2.24) is 0 Å². The van der Waals surface area contributed by atoms with E-state index in [0.717, 1.165) is 12.8 Å². The zero-order valence-corrected chi connectivity index (χ0v) is 9.57. The summed E-state index contributed by atoms with van der Waals surface area (Å²) in [7, 11) is 0. The minimum absolute atomic E-state index is 1.15. The zero-order chi connectivity index (χ0) is 10.3. The lowest BCUT2D eigenvalue weighted by atomic mass is 9.99. The molecule has 2 rings (SSSR count). The van der Waals surface area contributed by atoms with Crippen LogP contribution in [0.15, 0.2) is 45.6 Å². The predicted molar refractivity (Wildman–Crippen MR) is 62.1 cm³/mol. The molecule has 0 fully saturated rings. The van der Waals surface area contributed by atoms with Crippen molar-refractivity contribution in [2.24, 2.45) is 0 Å². The van der Waals surface area contributed by atoms with Crippen molar-refractivity contribution in [3.63, 3.8) is 0 Å². The Morgan fingerprint density at radius 2 is 1.71 bits per heavy atom. The van der Waals surface area contributed by atoms with Gasteiger partial charge >= 0.3 is 0 Å². The van der Waals surface area contributed by atoms with Crippen molar-refractivity contribution in [3.8, 4) is 0 Å². The Bertz CT molecular complexity index is 398. The maximum Gasteiger partial charge on any atom is -0.00581 e. The number of hydrogen-bond donors (Lipinski definition) is 0. The first kappa shape index (κ1) is 9.51. The summed E-state index contributed by atoms with van der Waals surface area (Å²) in [6, 6.07) is 0. The van der Waals surface area contributed by atoms with Gasteiger partial charge < -0.3 is 0 Å². The molecule has 0 nitrogen and oxygen atoms in total. The van der Waals surface area contributed by atoms with Crippen LogP contribution in [0.5, 0.6) is 0 Å². The van der Waals surface area contributed by atoms with Crippen LogP contribution < -0.4 is 0 Å². The summed E-state index contributed by atoms with van der Waals surface area (Å²) in [6.07, 6.45) is 7.03. The fourth-order valence-electron chi connectivity index (χ4n) is 2.20. The lowest BCUT2D eigenvalue weighted by Gasteiger charge is -2.06. The van der Waals surface area contributed by atoms with Crippen LogP contribution in [0.3, 0.4) is 0 Å². The molecule has 0 aromatic heterocycles. The average molecular weight is 186 g/mol. The summed E-state index contributed by atoms with van der Waals surface area (Å²) in [6.45, 7) is 8.93. The molecule has 0 aromatic rings. The van der Waals surface area contributed by atoms with Crippen molar-refractivity contribution < 1.29 is 0 Å². The molecule has 0 aliphatic heterocycles. The molecule has 0 bridgehead atoms. The second kappa shape index (κ2) is 3.27. The minimum atomic E-state index is 1.15. The highest BCUT2D eigenvalue weighted by molar-refractivity contribution is 5.57. The van der Waals surface area contributed by atoms with Gasteiger partial charge in [0.15, 0.2) is 0 Å². The Morgan fingerprint density at radius 1 is 1.00 bits per heavy atom. The molecule has 0 unspecified atom stereocenters. The topological polar surface area (TPSA) is 0 Å². The van der Waals surface area contributed by atoms with Crippen molar-refractivity contribution in [2.45, 2.75) is 40.5 Å².